The Kier molecular flexibility index (Phi) is 4.43. The highest BCUT2D eigenvalue weighted by Gasteiger charge is 2.22. The van der Waals surface area contributed by atoms with Gasteiger partial charge < -0.3 is 10.2 Å². The maximum absolute atomic E-state index is 11.8. The molecule has 1 aromatic rings. The van der Waals surface area contributed by atoms with Crippen molar-refractivity contribution in [3.05, 3.63) is 34.9 Å². The van der Waals surface area contributed by atoms with E-state index in [0.29, 0.717) is 29.7 Å². The van der Waals surface area contributed by atoms with E-state index in [0.717, 1.165) is 18.4 Å². The van der Waals surface area contributed by atoms with Crippen molar-refractivity contribution in [2.45, 2.75) is 37.9 Å². The minimum atomic E-state index is -0.947. The van der Waals surface area contributed by atoms with E-state index in [2.05, 4.69) is 12.6 Å². The lowest BCUT2D eigenvalue weighted by Crippen LogP contribution is -2.20. The van der Waals surface area contributed by atoms with Gasteiger partial charge in [0.05, 0.1) is 6.10 Å². The van der Waals surface area contributed by atoms with Gasteiger partial charge in [0.2, 0.25) is 0 Å². The summed E-state index contributed by atoms with van der Waals surface area (Å²) in [6.07, 6.45) is 1.03. The van der Waals surface area contributed by atoms with Crippen LogP contribution in [-0.2, 0) is 6.42 Å². The summed E-state index contributed by atoms with van der Waals surface area (Å²) in [5, 5.41) is 19.8. The number of aliphatic hydroxyl groups is 2. The van der Waals surface area contributed by atoms with Crippen molar-refractivity contribution in [3.8, 4) is 0 Å². The number of rotatable bonds is 4. The summed E-state index contributed by atoms with van der Waals surface area (Å²) < 4.78 is 0. The zero-order chi connectivity index (χ0) is 13.1. The average Bonchev–Trinajstić information content (AvgIpc) is 2.38. The van der Waals surface area contributed by atoms with Crippen LogP contribution in [0.4, 0.5) is 0 Å². The first-order chi connectivity index (χ1) is 8.63. The zero-order valence-corrected chi connectivity index (χ0v) is 11.1. The summed E-state index contributed by atoms with van der Waals surface area (Å²) in [7, 11) is 0. The van der Waals surface area contributed by atoms with Crippen LogP contribution in [0.15, 0.2) is 18.2 Å². The van der Waals surface area contributed by atoms with Crippen LogP contribution in [0.2, 0.25) is 0 Å². The standard InChI is InChI=1S/C14H18O3S/c15-12-3-1-2-9-4-5-10(8-11(9)12)14(17)13(16)6-7-18/h4-5,8,13-14,16-18H,1-3,6-7H2. The van der Waals surface area contributed by atoms with Crippen LogP contribution in [0.1, 0.15) is 46.9 Å². The van der Waals surface area contributed by atoms with Crippen molar-refractivity contribution in [1.82, 2.24) is 0 Å². The molecule has 1 aliphatic carbocycles. The molecule has 18 heavy (non-hydrogen) atoms. The topological polar surface area (TPSA) is 57.5 Å². The zero-order valence-electron chi connectivity index (χ0n) is 10.2. The predicted octanol–water partition coefficient (Wildman–Crippen LogP) is 1.92. The first-order valence-corrected chi connectivity index (χ1v) is 6.89. The number of aliphatic hydroxyl groups excluding tert-OH is 2. The predicted molar refractivity (Wildman–Crippen MR) is 73.1 cm³/mol. The smallest absolute Gasteiger partial charge is 0.163 e. The monoisotopic (exact) mass is 266 g/mol. The van der Waals surface area contributed by atoms with Crippen LogP contribution < -0.4 is 0 Å². The number of ketones is 1. The Morgan fingerprint density at radius 1 is 1.28 bits per heavy atom. The van der Waals surface area contributed by atoms with Crippen LogP contribution in [0.5, 0.6) is 0 Å². The van der Waals surface area contributed by atoms with Crippen LogP contribution in [-0.4, -0.2) is 27.9 Å². The summed E-state index contributed by atoms with van der Waals surface area (Å²) in [6.45, 7) is 0. The molecule has 98 valence electrons. The average molecular weight is 266 g/mol. The molecule has 1 aromatic carbocycles. The van der Waals surface area contributed by atoms with E-state index in [9.17, 15) is 15.0 Å². The Labute approximate surface area is 112 Å². The summed E-state index contributed by atoms with van der Waals surface area (Å²) >= 11 is 4.04. The van der Waals surface area contributed by atoms with Crippen molar-refractivity contribution in [3.63, 3.8) is 0 Å². The number of carbonyl (C=O) groups is 1. The van der Waals surface area contributed by atoms with Crippen molar-refractivity contribution in [2.24, 2.45) is 0 Å². The van der Waals surface area contributed by atoms with E-state index in [1.54, 1.807) is 12.1 Å². The van der Waals surface area contributed by atoms with E-state index in [4.69, 9.17) is 0 Å². The van der Waals surface area contributed by atoms with Gasteiger partial charge >= 0.3 is 0 Å². The Hall–Kier alpha value is -0.840. The highest BCUT2D eigenvalue weighted by molar-refractivity contribution is 7.80. The molecule has 0 saturated heterocycles. The molecule has 4 heteroatoms. The summed E-state index contributed by atoms with van der Waals surface area (Å²) in [5.41, 5.74) is 2.36. The fraction of sp³-hybridized carbons (Fsp3) is 0.500. The van der Waals surface area contributed by atoms with E-state index >= 15 is 0 Å². The van der Waals surface area contributed by atoms with E-state index < -0.39 is 12.2 Å². The quantitative estimate of drug-likeness (QED) is 0.730. The molecule has 0 heterocycles. The normalized spacial score (nSPS) is 18.3. The minimum absolute atomic E-state index is 0.133. The molecule has 3 nitrogen and oxygen atoms in total. The van der Waals surface area contributed by atoms with Crippen molar-refractivity contribution < 1.29 is 15.0 Å². The second-order valence-electron chi connectivity index (χ2n) is 4.72. The van der Waals surface area contributed by atoms with Crippen molar-refractivity contribution in [1.29, 1.82) is 0 Å². The number of hydrogen-bond donors (Lipinski definition) is 3. The molecule has 0 aliphatic heterocycles. The molecule has 0 spiro atoms. The Morgan fingerprint density at radius 3 is 2.78 bits per heavy atom. The minimum Gasteiger partial charge on any atom is -0.390 e. The maximum atomic E-state index is 11.8. The maximum Gasteiger partial charge on any atom is 0.163 e. The molecule has 0 fully saturated rings. The lowest BCUT2D eigenvalue weighted by Gasteiger charge is -2.20. The molecule has 2 unspecified atom stereocenters. The van der Waals surface area contributed by atoms with Gasteiger partial charge in [0.1, 0.15) is 6.10 Å². The van der Waals surface area contributed by atoms with Crippen LogP contribution in [0, 0.1) is 0 Å². The third kappa shape index (κ3) is 2.76. The number of aryl methyl sites for hydroxylation is 1. The number of Topliss-reactive ketones (excluding diaryl/α,β-unsaturated/α-hetero) is 1. The molecule has 2 atom stereocenters. The number of thiol groups is 1. The third-order valence-corrected chi connectivity index (χ3v) is 3.67. The van der Waals surface area contributed by atoms with Crippen molar-refractivity contribution >= 4 is 18.4 Å². The lowest BCUT2D eigenvalue weighted by molar-refractivity contribution is 0.0172. The summed E-state index contributed by atoms with van der Waals surface area (Å²) in [4.78, 5) is 11.8. The molecular weight excluding hydrogens is 248 g/mol. The van der Waals surface area contributed by atoms with Crippen LogP contribution >= 0.6 is 12.6 Å². The molecular formula is C14H18O3S. The summed E-state index contributed by atoms with van der Waals surface area (Å²) in [5.74, 6) is 0.649. The second-order valence-corrected chi connectivity index (χ2v) is 5.16. The van der Waals surface area contributed by atoms with Gasteiger partial charge in [-0.3, -0.25) is 4.79 Å². The van der Waals surface area contributed by atoms with Gasteiger partial charge in [0, 0.05) is 12.0 Å². The highest BCUT2D eigenvalue weighted by atomic mass is 32.1. The Morgan fingerprint density at radius 2 is 2.06 bits per heavy atom. The molecule has 2 N–H and O–H groups in total. The molecule has 0 bridgehead atoms. The molecule has 0 amide bonds. The van der Waals surface area contributed by atoms with E-state index in [1.807, 2.05) is 6.07 Å². The Balaban J connectivity index is 2.25. The molecule has 1 aliphatic rings. The van der Waals surface area contributed by atoms with Gasteiger partial charge in [-0.05, 0) is 42.2 Å². The fourth-order valence-corrected chi connectivity index (χ4v) is 2.61. The number of carbonyl (C=O) groups excluding carboxylic acids is 1. The van der Waals surface area contributed by atoms with Gasteiger partial charge in [0.15, 0.2) is 5.78 Å². The number of hydrogen-bond acceptors (Lipinski definition) is 4. The highest BCUT2D eigenvalue weighted by Crippen LogP contribution is 2.26. The van der Waals surface area contributed by atoms with Crippen LogP contribution in [0.3, 0.4) is 0 Å². The first-order valence-electron chi connectivity index (χ1n) is 6.26. The van der Waals surface area contributed by atoms with E-state index in [-0.39, 0.29) is 5.78 Å². The second kappa shape index (κ2) is 5.87. The lowest BCUT2D eigenvalue weighted by atomic mass is 9.88. The Bertz CT molecular complexity index is 445. The number of benzene rings is 1. The van der Waals surface area contributed by atoms with Gasteiger partial charge in [-0.2, -0.15) is 12.6 Å². The van der Waals surface area contributed by atoms with Gasteiger partial charge in [-0.15, -0.1) is 0 Å². The molecule has 2 rings (SSSR count). The van der Waals surface area contributed by atoms with Gasteiger partial charge in [-0.1, -0.05) is 12.1 Å². The molecule has 0 saturated carbocycles. The van der Waals surface area contributed by atoms with Gasteiger partial charge in [-0.25, -0.2) is 0 Å². The SMILES string of the molecule is O=C1CCCc2ccc(C(O)C(O)CCS)cc21. The van der Waals surface area contributed by atoms with Crippen molar-refractivity contribution in [2.75, 3.05) is 5.75 Å². The van der Waals surface area contributed by atoms with Gasteiger partial charge in [0.25, 0.3) is 0 Å². The number of fused-ring (bicyclic) bond motifs is 1. The van der Waals surface area contributed by atoms with E-state index in [1.165, 1.54) is 0 Å². The molecule has 0 aromatic heterocycles. The largest absolute Gasteiger partial charge is 0.390 e. The first kappa shape index (κ1) is 13.6. The summed E-state index contributed by atoms with van der Waals surface area (Å²) in [6, 6.07) is 5.41. The fourth-order valence-electron chi connectivity index (χ4n) is 2.34. The third-order valence-electron chi connectivity index (χ3n) is 3.42. The van der Waals surface area contributed by atoms with Crippen LogP contribution in [0.25, 0.3) is 0 Å². The molecule has 0 radical (unpaired) electrons.